The van der Waals surface area contributed by atoms with E-state index < -0.39 is 5.01 Å². The van der Waals surface area contributed by atoms with Crippen molar-refractivity contribution < 1.29 is 14.6 Å². The minimum absolute atomic E-state index is 0.610. The van der Waals surface area contributed by atoms with Gasteiger partial charge in [0.15, 0.2) is 11.5 Å². The van der Waals surface area contributed by atoms with Crippen LogP contribution in [0.5, 0.6) is 11.5 Å². The second kappa shape index (κ2) is 4.48. The van der Waals surface area contributed by atoms with E-state index in [2.05, 4.69) is 15.9 Å². The summed E-state index contributed by atoms with van der Waals surface area (Å²) < 4.78 is 10.1. The number of alkyl halides is 1. The molecule has 1 aromatic rings. The van der Waals surface area contributed by atoms with Gasteiger partial charge in [0.1, 0.15) is 5.01 Å². The molecule has 1 rings (SSSR count). The van der Waals surface area contributed by atoms with Gasteiger partial charge in [0, 0.05) is 0 Å². The lowest BCUT2D eigenvalue weighted by atomic mass is 10.2. The van der Waals surface area contributed by atoms with Crippen LogP contribution in [0.3, 0.4) is 0 Å². The summed E-state index contributed by atoms with van der Waals surface area (Å²) in [4.78, 5) is 0. The smallest absolute Gasteiger partial charge is 0.161 e. The van der Waals surface area contributed by atoms with Crippen LogP contribution in [0.15, 0.2) is 18.2 Å². The number of aliphatic hydroxyl groups excluding tert-OH is 1. The van der Waals surface area contributed by atoms with Crippen molar-refractivity contribution in [3.8, 4) is 11.5 Å². The van der Waals surface area contributed by atoms with Crippen molar-refractivity contribution in [1.29, 1.82) is 0 Å². The zero-order chi connectivity index (χ0) is 9.84. The molecule has 0 saturated carbocycles. The van der Waals surface area contributed by atoms with Crippen molar-refractivity contribution in [3.63, 3.8) is 0 Å². The Morgan fingerprint density at radius 1 is 1.23 bits per heavy atom. The van der Waals surface area contributed by atoms with Crippen LogP contribution in [0.1, 0.15) is 10.6 Å². The van der Waals surface area contributed by atoms with Crippen LogP contribution in [0.4, 0.5) is 0 Å². The number of halogens is 1. The van der Waals surface area contributed by atoms with Crippen molar-refractivity contribution >= 4 is 15.9 Å². The molecule has 72 valence electrons. The van der Waals surface area contributed by atoms with Gasteiger partial charge in [-0.2, -0.15) is 0 Å². The van der Waals surface area contributed by atoms with Crippen LogP contribution in [0.25, 0.3) is 0 Å². The van der Waals surface area contributed by atoms with E-state index in [-0.39, 0.29) is 0 Å². The highest BCUT2D eigenvalue weighted by Crippen LogP contribution is 2.31. The van der Waals surface area contributed by atoms with Crippen molar-refractivity contribution in [3.05, 3.63) is 23.8 Å². The van der Waals surface area contributed by atoms with Gasteiger partial charge in [0.05, 0.1) is 14.2 Å². The number of hydrogen-bond donors (Lipinski definition) is 1. The third kappa shape index (κ3) is 2.35. The summed E-state index contributed by atoms with van der Waals surface area (Å²) in [6.45, 7) is 0. The molecule has 4 heteroatoms. The number of methoxy groups -OCH3 is 2. The Bertz CT molecular complexity index is 286. The molecule has 0 amide bonds. The average molecular weight is 247 g/mol. The van der Waals surface area contributed by atoms with Crippen molar-refractivity contribution in [2.45, 2.75) is 5.01 Å². The maximum atomic E-state index is 9.23. The maximum Gasteiger partial charge on any atom is 0.161 e. The molecule has 3 nitrogen and oxygen atoms in total. The van der Waals surface area contributed by atoms with Crippen LogP contribution in [-0.2, 0) is 0 Å². The van der Waals surface area contributed by atoms with Gasteiger partial charge in [-0.25, -0.2) is 0 Å². The predicted octanol–water partition coefficient (Wildman–Crippen LogP) is 2.09. The number of ether oxygens (including phenoxy) is 2. The van der Waals surface area contributed by atoms with Crippen LogP contribution < -0.4 is 9.47 Å². The van der Waals surface area contributed by atoms with Crippen LogP contribution >= 0.6 is 15.9 Å². The van der Waals surface area contributed by atoms with E-state index in [9.17, 15) is 5.11 Å². The Morgan fingerprint density at radius 2 is 1.85 bits per heavy atom. The lowest BCUT2D eigenvalue weighted by Crippen LogP contribution is -1.93. The molecule has 0 saturated heterocycles. The molecule has 0 aliphatic rings. The van der Waals surface area contributed by atoms with Gasteiger partial charge in [-0.3, -0.25) is 0 Å². The number of rotatable bonds is 3. The molecule has 0 fully saturated rings. The minimum atomic E-state index is -0.674. The highest BCUT2D eigenvalue weighted by molar-refractivity contribution is 9.09. The summed E-state index contributed by atoms with van der Waals surface area (Å²) in [6.07, 6.45) is 0. The maximum absolute atomic E-state index is 9.23. The number of hydrogen-bond acceptors (Lipinski definition) is 3. The second-order valence-corrected chi connectivity index (χ2v) is 3.32. The standard InChI is InChI=1S/C9H11BrO3/c1-12-7-4-3-6(9(10)11)5-8(7)13-2/h3-5,9,11H,1-2H3. The summed E-state index contributed by atoms with van der Waals surface area (Å²) in [5, 5.41) is 8.55. The molecule has 0 aromatic heterocycles. The van der Waals surface area contributed by atoms with E-state index in [4.69, 9.17) is 9.47 Å². The zero-order valence-electron chi connectivity index (χ0n) is 7.45. The topological polar surface area (TPSA) is 38.7 Å². The van der Waals surface area contributed by atoms with Gasteiger partial charge in [-0.1, -0.05) is 22.0 Å². The molecule has 13 heavy (non-hydrogen) atoms. The molecule has 0 spiro atoms. The van der Waals surface area contributed by atoms with Gasteiger partial charge >= 0.3 is 0 Å². The Hall–Kier alpha value is -0.740. The first kappa shape index (κ1) is 10.3. The molecule has 0 heterocycles. The minimum Gasteiger partial charge on any atom is -0.493 e. The average Bonchev–Trinajstić information content (AvgIpc) is 2.16. The van der Waals surface area contributed by atoms with Crippen LogP contribution in [0.2, 0.25) is 0 Å². The monoisotopic (exact) mass is 246 g/mol. The van der Waals surface area contributed by atoms with Gasteiger partial charge in [-0.15, -0.1) is 0 Å². The SMILES string of the molecule is COc1ccc(C(O)Br)cc1OC. The lowest BCUT2D eigenvalue weighted by Gasteiger charge is -2.09. The highest BCUT2D eigenvalue weighted by atomic mass is 79.9. The Labute approximate surface area is 85.4 Å². The fraction of sp³-hybridized carbons (Fsp3) is 0.333. The summed E-state index contributed by atoms with van der Waals surface area (Å²) in [6, 6.07) is 5.23. The number of aliphatic hydroxyl groups is 1. The van der Waals surface area contributed by atoms with Gasteiger partial charge < -0.3 is 14.6 Å². The zero-order valence-corrected chi connectivity index (χ0v) is 9.04. The highest BCUT2D eigenvalue weighted by Gasteiger charge is 2.07. The molecule has 1 unspecified atom stereocenters. The molecule has 1 atom stereocenters. The molecule has 0 aliphatic carbocycles. The normalized spacial score (nSPS) is 12.3. The fourth-order valence-corrected chi connectivity index (χ4v) is 1.29. The summed E-state index contributed by atoms with van der Waals surface area (Å²) >= 11 is 3.05. The lowest BCUT2D eigenvalue weighted by molar-refractivity contribution is 0.275. The molecule has 1 N–H and O–H groups in total. The summed E-state index contributed by atoms with van der Waals surface area (Å²) in [5.41, 5.74) is 0.734. The van der Waals surface area contributed by atoms with Crippen molar-refractivity contribution in [2.75, 3.05) is 14.2 Å². The quantitative estimate of drug-likeness (QED) is 0.831. The van der Waals surface area contributed by atoms with Crippen molar-refractivity contribution in [1.82, 2.24) is 0 Å². The number of benzene rings is 1. The Balaban J connectivity index is 3.05. The molecule has 0 aliphatic heterocycles. The van der Waals surface area contributed by atoms with E-state index in [1.807, 2.05) is 0 Å². The van der Waals surface area contributed by atoms with E-state index in [0.717, 1.165) is 5.56 Å². The van der Waals surface area contributed by atoms with Crippen LogP contribution in [0, 0.1) is 0 Å². The van der Waals surface area contributed by atoms with E-state index in [1.165, 1.54) is 0 Å². The first-order valence-electron chi connectivity index (χ1n) is 3.73. The van der Waals surface area contributed by atoms with E-state index in [0.29, 0.717) is 11.5 Å². The first-order valence-corrected chi connectivity index (χ1v) is 4.64. The van der Waals surface area contributed by atoms with Gasteiger partial charge in [0.2, 0.25) is 0 Å². The third-order valence-electron chi connectivity index (χ3n) is 1.68. The molecular formula is C9H11BrO3. The predicted molar refractivity (Wildman–Crippen MR) is 53.4 cm³/mol. The molecule has 1 aromatic carbocycles. The van der Waals surface area contributed by atoms with Crippen molar-refractivity contribution in [2.24, 2.45) is 0 Å². The Kier molecular flexibility index (Phi) is 3.57. The van der Waals surface area contributed by atoms with E-state index >= 15 is 0 Å². The first-order chi connectivity index (χ1) is 6.19. The van der Waals surface area contributed by atoms with Crippen LogP contribution in [-0.4, -0.2) is 19.3 Å². The summed E-state index contributed by atoms with van der Waals surface area (Å²) in [5.74, 6) is 1.26. The molecular weight excluding hydrogens is 236 g/mol. The molecule has 0 radical (unpaired) electrons. The largest absolute Gasteiger partial charge is 0.493 e. The Morgan fingerprint density at radius 3 is 2.31 bits per heavy atom. The van der Waals surface area contributed by atoms with E-state index in [1.54, 1.807) is 32.4 Å². The van der Waals surface area contributed by atoms with Gasteiger partial charge in [0.25, 0.3) is 0 Å². The van der Waals surface area contributed by atoms with Gasteiger partial charge in [-0.05, 0) is 17.7 Å². The molecule has 0 bridgehead atoms. The third-order valence-corrected chi connectivity index (χ3v) is 2.21. The fourth-order valence-electron chi connectivity index (χ4n) is 1.00. The summed E-state index contributed by atoms with van der Waals surface area (Å²) in [7, 11) is 3.13. The second-order valence-electron chi connectivity index (χ2n) is 2.45.